The van der Waals surface area contributed by atoms with Gasteiger partial charge in [-0.05, 0) is 85.6 Å². The molecule has 10 nitrogen and oxygen atoms in total. The average Bonchev–Trinajstić information content (AvgIpc) is 3.02. The van der Waals surface area contributed by atoms with Gasteiger partial charge in [0.1, 0.15) is 23.0 Å². The minimum Gasteiger partial charge on any atom is -0.455 e. The van der Waals surface area contributed by atoms with Crippen LogP contribution in [0.5, 0.6) is 23.0 Å². The van der Waals surface area contributed by atoms with Crippen molar-refractivity contribution in [3.8, 4) is 23.0 Å². The second-order valence-corrected chi connectivity index (χ2v) is 9.25. The SMILES string of the molecule is C=CC(=O)OC(CCC)Oc1ccc(C(=O)Oc2ccc(OC(=O)c3ccc(OC(CCC)OC(=O)C=C)cc3)cc2)cc1. The van der Waals surface area contributed by atoms with E-state index in [4.69, 9.17) is 28.4 Å². The summed E-state index contributed by atoms with van der Waals surface area (Å²) in [5.41, 5.74) is 0.547. The lowest BCUT2D eigenvalue weighted by Crippen LogP contribution is -2.23. The fraction of sp³-hybridized carbons (Fsp3) is 0.235. The first kappa shape index (κ1) is 33.1. The molecule has 44 heavy (non-hydrogen) atoms. The average molecular weight is 603 g/mol. The second kappa shape index (κ2) is 16.9. The molecule has 0 N–H and O–H groups in total. The van der Waals surface area contributed by atoms with E-state index in [-0.39, 0.29) is 22.6 Å². The molecule has 2 unspecified atom stereocenters. The molecule has 0 spiro atoms. The van der Waals surface area contributed by atoms with Crippen LogP contribution in [0.2, 0.25) is 0 Å². The Balaban J connectivity index is 1.53. The van der Waals surface area contributed by atoms with Gasteiger partial charge >= 0.3 is 23.9 Å². The van der Waals surface area contributed by atoms with Crippen LogP contribution in [-0.2, 0) is 19.1 Å². The molecule has 0 saturated heterocycles. The van der Waals surface area contributed by atoms with Crippen molar-refractivity contribution in [1.29, 1.82) is 0 Å². The number of carbonyl (C=O) groups is 4. The smallest absolute Gasteiger partial charge is 0.343 e. The van der Waals surface area contributed by atoms with Gasteiger partial charge in [-0.25, -0.2) is 19.2 Å². The molecule has 0 aliphatic heterocycles. The Morgan fingerprint density at radius 1 is 0.568 bits per heavy atom. The Labute approximate surface area is 255 Å². The third kappa shape index (κ3) is 10.5. The van der Waals surface area contributed by atoms with Crippen LogP contribution in [0.4, 0.5) is 0 Å². The van der Waals surface area contributed by atoms with Gasteiger partial charge in [0, 0.05) is 25.0 Å². The van der Waals surface area contributed by atoms with Gasteiger partial charge in [0.2, 0.25) is 12.6 Å². The Kier molecular flexibility index (Phi) is 12.7. The molecule has 230 valence electrons. The van der Waals surface area contributed by atoms with E-state index in [0.717, 1.165) is 25.0 Å². The van der Waals surface area contributed by atoms with E-state index in [1.54, 1.807) is 24.3 Å². The first-order valence-corrected chi connectivity index (χ1v) is 14.0. The summed E-state index contributed by atoms with van der Waals surface area (Å²) < 4.78 is 32.6. The highest BCUT2D eigenvalue weighted by Gasteiger charge is 2.17. The molecule has 0 saturated carbocycles. The monoisotopic (exact) mass is 602 g/mol. The minimum atomic E-state index is -0.775. The minimum absolute atomic E-state index is 0.245. The Hall–Kier alpha value is -5.38. The zero-order valence-electron chi connectivity index (χ0n) is 24.6. The van der Waals surface area contributed by atoms with E-state index in [1.165, 1.54) is 48.5 Å². The van der Waals surface area contributed by atoms with E-state index in [0.29, 0.717) is 24.3 Å². The van der Waals surface area contributed by atoms with Crippen LogP contribution in [0.15, 0.2) is 98.1 Å². The fourth-order valence-corrected chi connectivity index (χ4v) is 3.66. The fourth-order valence-electron chi connectivity index (χ4n) is 3.66. The Bertz CT molecular complexity index is 1320. The van der Waals surface area contributed by atoms with Crippen molar-refractivity contribution < 1.29 is 47.6 Å². The van der Waals surface area contributed by atoms with Crippen LogP contribution in [0.3, 0.4) is 0 Å². The number of benzene rings is 3. The third-order valence-electron chi connectivity index (χ3n) is 5.84. The number of ether oxygens (including phenoxy) is 6. The standard InChI is InChI=1S/C34H34O10/c1-5-9-31(43-29(35)7-3)39-25-15-11-23(12-16-25)33(37)41-27-19-21-28(22-20-27)42-34(38)24-13-17-26(18-14-24)40-32(10-6-2)44-30(36)8-4/h7-8,11-22,31-32H,3-6,9-10H2,1-2H3. The lowest BCUT2D eigenvalue weighted by atomic mass is 10.2. The Morgan fingerprint density at radius 2 is 0.886 bits per heavy atom. The molecular weight excluding hydrogens is 568 g/mol. The zero-order chi connectivity index (χ0) is 31.9. The summed E-state index contributed by atoms with van der Waals surface area (Å²) in [5.74, 6) is -1.06. The summed E-state index contributed by atoms with van der Waals surface area (Å²) in [4.78, 5) is 48.2. The molecule has 0 aliphatic carbocycles. The lowest BCUT2D eigenvalue weighted by Gasteiger charge is -2.18. The maximum Gasteiger partial charge on any atom is 0.343 e. The van der Waals surface area contributed by atoms with Gasteiger partial charge in [-0.2, -0.15) is 0 Å². The molecule has 0 bridgehead atoms. The number of carbonyl (C=O) groups excluding carboxylic acids is 4. The molecule has 10 heteroatoms. The highest BCUT2D eigenvalue weighted by molar-refractivity contribution is 5.92. The first-order valence-electron chi connectivity index (χ1n) is 14.0. The summed E-state index contributed by atoms with van der Waals surface area (Å²) in [5, 5.41) is 0. The molecule has 0 radical (unpaired) electrons. The van der Waals surface area contributed by atoms with Crippen molar-refractivity contribution in [2.75, 3.05) is 0 Å². The summed E-state index contributed by atoms with van der Waals surface area (Å²) in [6.07, 6.45) is 3.03. The quantitative estimate of drug-likeness (QED) is 0.0767. The van der Waals surface area contributed by atoms with E-state index in [9.17, 15) is 19.2 Å². The van der Waals surface area contributed by atoms with Crippen molar-refractivity contribution >= 4 is 23.9 Å². The normalized spacial score (nSPS) is 11.7. The number of hydrogen-bond donors (Lipinski definition) is 0. The van der Waals surface area contributed by atoms with Crippen LogP contribution in [0.1, 0.15) is 60.2 Å². The second-order valence-electron chi connectivity index (χ2n) is 9.25. The van der Waals surface area contributed by atoms with Crippen molar-refractivity contribution in [3.63, 3.8) is 0 Å². The first-order chi connectivity index (χ1) is 21.2. The highest BCUT2D eigenvalue weighted by Crippen LogP contribution is 2.23. The summed E-state index contributed by atoms with van der Waals surface area (Å²) >= 11 is 0. The third-order valence-corrected chi connectivity index (χ3v) is 5.84. The van der Waals surface area contributed by atoms with Gasteiger partial charge in [-0.1, -0.05) is 27.0 Å². The molecule has 2 atom stereocenters. The molecular formula is C34H34O10. The van der Waals surface area contributed by atoms with Crippen LogP contribution in [0, 0.1) is 0 Å². The maximum absolute atomic E-state index is 12.6. The van der Waals surface area contributed by atoms with Gasteiger partial charge in [-0.3, -0.25) is 0 Å². The largest absolute Gasteiger partial charge is 0.455 e. The maximum atomic E-state index is 12.6. The van der Waals surface area contributed by atoms with Crippen molar-refractivity contribution in [1.82, 2.24) is 0 Å². The van der Waals surface area contributed by atoms with Crippen LogP contribution in [-0.4, -0.2) is 36.5 Å². The molecule has 3 rings (SSSR count). The van der Waals surface area contributed by atoms with Gasteiger partial charge in [0.25, 0.3) is 0 Å². The molecule has 0 aliphatic rings. The van der Waals surface area contributed by atoms with Crippen LogP contribution < -0.4 is 18.9 Å². The lowest BCUT2D eigenvalue weighted by molar-refractivity contribution is -0.159. The van der Waals surface area contributed by atoms with Crippen LogP contribution in [0.25, 0.3) is 0 Å². The van der Waals surface area contributed by atoms with Gasteiger partial charge < -0.3 is 28.4 Å². The van der Waals surface area contributed by atoms with Crippen molar-refractivity contribution in [2.24, 2.45) is 0 Å². The van der Waals surface area contributed by atoms with Crippen molar-refractivity contribution in [2.45, 2.75) is 52.1 Å². The molecule has 3 aromatic carbocycles. The van der Waals surface area contributed by atoms with E-state index in [1.807, 2.05) is 13.8 Å². The molecule has 0 amide bonds. The predicted octanol–water partition coefficient (Wildman–Crippen LogP) is 6.59. The Morgan fingerprint density at radius 3 is 1.18 bits per heavy atom. The van der Waals surface area contributed by atoms with Gasteiger partial charge in [0.05, 0.1) is 11.1 Å². The molecule has 3 aromatic rings. The summed E-state index contributed by atoms with van der Waals surface area (Å²) in [6, 6.07) is 18.4. The number of esters is 4. The highest BCUT2D eigenvalue weighted by atomic mass is 16.7. The molecule has 0 fully saturated rings. The summed E-state index contributed by atoms with van der Waals surface area (Å²) in [6.45, 7) is 10.6. The predicted molar refractivity (Wildman–Crippen MR) is 160 cm³/mol. The number of rotatable bonds is 16. The zero-order valence-corrected chi connectivity index (χ0v) is 24.6. The van der Waals surface area contributed by atoms with Gasteiger partial charge in [0.15, 0.2) is 0 Å². The topological polar surface area (TPSA) is 124 Å². The van der Waals surface area contributed by atoms with E-state index < -0.39 is 36.5 Å². The molecule has 0 heterocycles. The molecule has 0 aromatic heterocycles. The van der Waals surface area contributed by atoms with Crippen molar-refractivity contribution in [3.05, 3.63) is 109 Å². The number of hydrogen-bond acceptors (Lipinski definition) is 10. The van der Waals surface area contributed by atoms with Gasteiger partial charge in [-0.15, -0.1) is 0 Å². The van der Waals surface area contributed by atoms with E-state index in [2.05, 4.69) is 13.2 Å². The van der Waals surface area contributed by atoms with Crippen LogP contribution >= 0.6 is 0 Å². The summed E-state index contributed by atoms with van der Waals surface area (Å²) in [7, 11) is 0. The van der Waals surface area contributed by atoms with E-state index >= 15 is 0 Å².